The van der Waals surface area contributed by atoms with Crippen LogP contribution >= 0.6 is 0 Å². The van der Waals surface area contributed by atoms with Gasteiger partial charge in [-0.2, -0.15) is 0 Å². The molecule has 0 amide bonds. The third-order valence-electron chi connectivity index (χ3n) is 3.66. The van der Waals surface area contributed by atoms with Crippen LogP contribution in [-0.4, -0.2) is 83.8 Å². The van der Waals surface area contributed by atoms with E-state index in [1.807, 2.05) is 0 Å². The molecular weight excluding hydrogens is 312 g/mol. The molecule has 0 aromatic heterocycles. The second kappa shape index (κ2) is 7.39. The van der Waals surface area contributed by atoms with Crippen molar-refractivity contribution in [2.24, 2.45) is 0 Å². The fourth-order valence-electron chi connectivity index (χ4n) is 2.35. The van der Waals surface area contributed by atoms with Crippen molar-refractivity contribution >= 4 is 5.78 Å². The van der Waals surface area contributed by atoms with E-state index in [1.54, 1.807) is 0 Å². The largest absolute Gasteiger partial charge is 0.493 e. The van der Waals surface area contributed by atoms with E-state index in [1.165, 1.54) is 26.4 Å². The monoisotopic (exact) mass is 332 g/mol. The van der Waals surface area contributed by atoms with Crippen molar-refractivity contribution in [1.29, 1.82) is 0 Å². The van der Waals surface area contributed by atoms with Gasteiger partial charge in [0.05, 0.1) is 20.8 Å². The first-order valence-corrected chi connectivity index (χ1v) is 6.95. The number of hydrogen-bond acceptors (Lipinski definition) is 9. The molecule has 2 aliphatic rings. The van der Waals surface area contributed by atoms with Crippen LogP contribution in [0, 0.1) is 0 Å². The second-order valence-electron chi connectivity index (χ2n) is 5.10. The highest BCUT2D eigenvalue weighted by molar-refractivity contribution is 6.06. The van der Waals surface area contributed by atoms with Crippen LogP contribution in [-0.2, 0) is 23.7 Å². The Hall–Kier alpha value is -1.49. The Bertz CT molecular complexity index is 474. The smallest absolute Gasteiger partial charge is 0.261 e. The van der Waals surface area contributed by atoms with Gasteiger partial charge in [-0.15, -0.1) is 0 Å². The molecule has 0 spiro atoms. The molecule has 2 rings (SSSR count). The van der Waals surface area contributed by atoms with E-state index >= 15 is 0 Å². The van der Waals surface area contributed by atoms with E-state index in [-0.39, 0.29) is 11.5 Å². The predicted molar refractivity (Wildman–Crippen MR) is 73.8 cm³/mol. The normalized spacial score (nSPS) is 35.6. The summed E-state index contributed by atoms with van der Waals surface area (Å²) in [6.45, 7) is -0.563. The van der Waals surface area contributed by atoms with Gasteiger partial charge in [0.1, 0.15) is 30.5 Å². The van der Waals surface area contributed by atoms with Crippen LogP contribution in [0.2, 0.25) is 0 Å². The minimum absolute atomic E-state index is 0.000981. The highest BCUT2D eigenvalue weighted by Crippen LogP contribution is 2.26. The lowest BCUT2D eigenvalue weighted by molar-refractivity contribution is -0.304. The molecular formula is C14H20O9. The summed E-state index contributed by atoms with van der Waals surface area (Å²) in [6, 6.07) is 0. The van der Waals surface area contributed by atoms with Crippen molar-refractivity contribution in [3.63, 3.8) is 0 Å². The van der Waals surface area contributed by atoms with E-state index < -0.39 is 49.2 Å². The van der Waals surface area contributed by atoms with Gasteiger partial charge in [-0.25, -0.2) is 0 Å². The summed E-state index contributed by atoms with van der Waals surface area (Å²) < 4.78 is 20.6. The van der Waals surface area contributed by atoms with Crippen molar-refractivity contribution in [3.05, 3.63) is 23.7 Å². The van der Waals surface area contributed by atoms with Crippen molar-refractivity contribution < 1.29 is 44.2 Å². The number of carbonyl (C=O) groups excluding carboxylic acids is 1. The number of hydrogen-bond donors (Lipinski definition) is 4. The maximum Gasteiger partial charge on any atom is 0.261 e. The van der Waals surface area contributed by atoms with E-state index in [0.29, 0.717) is 0 Å². The summed E-state index contributed by atoms with van der Waals surface area (Å²) in [5.41, 5.74) is 0. The third-order valence-corrected chi connectivity index (χ3v) is 3.66. The SMILES string of the molecule is COC1=CC(O[C@@H]2O[C@H](CO)[C@@H](O)[C@H](O)[C@H]2O)C=C(OC)C1=O. The zero-order valence-electron chi connectivity index (χ0n) is 12.7. The Kier molecular flexibility index (Phi) is 5.74. The van der Waals surface area contributed by atoms with Crippen molar-refractivity contribution in [3.8, 4) is 0 Å². The van der Waals surface area contributed by atoms with Gasteiger partial charge < -0.3 is 39.4 Å². The molecule has 1 aliphatic carbocycles. The van der Waals surface area contributed by atoms with Crippen LogP contribution in [0.3, 0.4) is 0 Å². The van der Waals surface area contributed by atoms with Crippen LogP contribution in [0.15, 0.2) is 23.7 Å². The van der Waals surface area contributed by atoms with Gasteiger partial charge in [-0.1, -0.05) is 0 Å². The van der Waals surface area contributed by atoms with Crippen LogP contribution in [0.5, 0.6) is 0 Å². The molecule has 1 heterocycles. The molecule has 23 heavy (non-hydrogen) atoms. The Labute approximate surface area is 132 Å². The van der Waals surface area contributed by atoms with E-state index in [4.69, 9.17) is 24.1 Å². The maximum atomic E-state index is 11.9. The number of rotatable bonds is 5. The van der Waals surface area contributed by atoms with Crippen LogP contribution in [0.1, 0.15) is 0 Å². The molecule has 1 aliphatic heterocycles. The van der Waals surface area contributed by atoms with Gasteiger partial charge in [0.2, 0.25) is 0 Å². The number of Topliss-reactive ketones (excluding diaryl/α,β-unsaturated/α-hetero) is 1. The fraction of sp³-hybridized carbons (Fsp3) is 0.643. The van der Waals surface area contributed by atoms with Gasteiger partial charge in [-0.05, 0) is 12.2 Å². The average molecular weight is 332 g/mol. The highest BCUT2D eigenvalue weighted by atomic mass is 16.7. The van der Waals surface area contributed by atoms with Gasteiger partial charge in [0, 0.05) is 0 Å². The summed E-state index contributed by atoms with van der Waals surface area (Å²) in [7, 11) is 2.63. The molecule has 9 nitrogen and oxygen atoms in total. The lowest BCUT2D eigenvalue weighted by Gasteiger charge is -2.40. The molecule has 0 bridgehead atoms. The quantitative estimate of drug-likeness (QED) is 0.443. The Morgan fingerprint density at radius 1 is 1.04 bits per heavy atom. The Balaban J connectivity index is 2.15. The van der Waals surface area contributed by atoms with Gasteiger partial charge in [-0.3, -0.25) is 4.79 Å². The summed E-state index contributed by atoms with van der Waals surface area (Å²) in [4.78, 5) is 11.9. The summed E-state index contributed by atoms with van der Waals surface area (Å²) in [5.74, 6) is -0.457. The van der Waals surface area contributed by atoms with Gasteiger partial charge in [0.15, 0.2) is 17.8 Å². The first kappa shape index (κ1) is 17.9. The number of carbonyl (C=O) groups is 1. The molecule has 1 fully saturated rings. The third kappa shape index (κ3) is 3.55. The zero-order chi connectivity index (χ0) is 17.1. The molecule has 9 heteroatoms. The molecule has 0 aromatic rings. The average Bonchev–Trinajstić information content (AvgIpc) is 2.56. The lowest BCUT2D eigenvalue weighted by Crippen LogP contribution is -2.59. The molecule has 4 N–H and O–H groups in total. The summed E-state index contributed by atoms with van der Waals surface area (Å²) in [6.07, 6.45) is -5.10. The minimum Gasteiger partial charge on any atom is -0.493 e. The molecule has 0 unspecified atom stereocenters. The molecule has 0 aromatic carbocycles. The number of ketones is 1. The topological polar surface area (TPSA) is 135 Å². The minimum atomic E-state index is -1.55. The van der Waals surface area contributed by atoms with E-state index in [9.17, 15) is 20.1 Å². The molecule has 0 radical (unpaired) electrons. The highest BCUT2D eigenvalue weighted by Gasteiger charge is 2.45. The van der Waals surface area contributed by atoms with Crippen LogP contribution in [0.25, 0.3) is 0 Å². The Morgan fingerprint density at radius 2 is 1.61 bits per heavy atom. The number of aliphatic hydroxyl groups is 4. The second-order valence-corrected chi connectivity index (χ2v) is 5.10. The molecule has 130 valence electrons. The predicted octanol–water partition coefficient (Wildman–Crippen LogP) is -2.19. The van der Waals surface area contributed by atoms with Gasteiger partial charge >= 0.3 is 0 Å². The summed E-state index contributed by atoms with van der Waals surface area (Å²) >= 11 is 0. The molecule has 5 atom stereocenters. The maximum absolute atomic E-state index is 11.9. The lowest BCUT2D eigenvalue weighted by atomic mass is 9.99. The molecule has 0 saturated carbocycles. The first-order valence-electron chi connectivity index (χ1n) is 6.95. The van der Waals surface area contributed by atoms with Gasteiger partial charge in [0.25, 0.3) is 5.78 Å². The molecule has 1 saturated heterocycles. The van der Waals surface area contributed by atoms with E-state index in [2.05, 4.69) is 0 Å². The summed E-state index contributed by atoms with van der Waals surface area (Å²) in [5, 5.41) is 38.5. The van der Waals surface area contributed by atoms with Crippen LogP contribution < -0.4 is 0 Å². The fourth-order valence-corrected chi connectivity index (χ4v) is 2.35. The van der Waals surface area contributed by atoms with Crippen molar-refractivity contribution in [1.82, 2.24) is 0 Å². The number of aliphatic hydroxyl groups excluding tert-OH is 4. The number of methoxy groups -OCH3 is 2. The number of ether oxygens (including phenoxy) is 4. The van der Waals surface area contributed by atoms with Crippen molar-refractivity contribution in [2.45, 2.75) is 36.8 Å². The van der Waals surface area contributed by atoms with E-state index in [0.717, 1.165) is 0 Å². The first-order chi connectivity index (χ1) is 10.9. The van der Waals surface area contributed by atoms with Crippen molar-refractivity contribution in [2.75, 3.05) is 20.8 Å². The zero-order valence-corrected chi connectivity index (χ0v) is 12.7. The standard InChI is InChI=1S/C14H20O9/c1-20-7-3-6(4-8(21-2)10(7)16)22-14-13(19)12(18)11(17)9(5-15)23-14/h3-4,6,9,11-15,17-19H,5H2,1-2H3/t9-,11-,12+,13-,14-/m1/s1. The Morgan fingerprint density at radius 3 is 2.09 bits per heavy atom. The van der Waals surface area contributed by atoms with Crippen LogP contribution in [0.4, 0.5) is 0 Å².